The fourth-order valence-corrected chi connectivity index (χ4v) is 4.03. The highest BCUT2D eigenvalue weighted by Gasteiger charge is 2.29. The summed E-state index contributed by atoms with van der Waals surface area (Å²) in [5.41, 5.74) is 8.18. The zero-order valence-electron chi connectivity index (χ0n) is 19.8. The molecule has 0 radical (unpaired) electrons. The normalized spacial score (nSPS) is 17.8. The Morgan fingerprint density at radius 3 is 2.81 bits per heavy atom. The Kier molecular flexibility index (Phi) is 5.95. The molecular formula is C24H25FN8O3. The lowest BCUT2D eigenvalue weighted by molar-refractivity contribution is -0.105. The van der Waals surface area contributed by atoms with Crippen molar-refractivity contribution >= 4 is 22.8 Å². The van der Waals surface area contributed by atoms with Crippen LogP contribution in [0.1, 0.15) is 42.7 Å². The van der Waals surface area contributed by atoms with Crippen molar-refractivity contribution in [2.24, 2.45) is 0 Å². The zero-order valence-corrected chi connectivity index (χ0v) is 19.8. The summed E-state index contributed by atoms with van der Waals surface area (Å²) in [7, 11) is 0. The van der Waals surface area contributed by atoms with Gasteiger partial charge in [0.05, 0.1) is 11.7 Å². The summed E-state index contributed by atoms with van der Waals surface area (Å²) in [5, 5.41) is 17.2. The van der Waals surface area contributed by atoms with Crippen molar-refractivity contribution in [1.29, 1.82) is 0 Å². The Morgan fingerprint density at radius 1 is 1.33 bits per heavy atom. The molecule has 0 spiro atoms. The molecular weight excluding hydrogens is 467 g/mol. The second-order valence-electron chi connectivity index (χ2n) is 8.81. The second-order valence-corrected chi connectivity index (χ2v) is 8.81. The Morgan fingerprint density at radius 2 is 2.11 bits per heavy atom. The van der Waals surface area contributed by atoms with Crippen molar-refractivity contribution in [3.8, 4) is 17.7 Å². The standard InChI is InChI=1S/C24H25FN8O3/c1-15-14-32(30-36-15)24(2,35)9-5-16-3-4-18-19(13-16)33(20-6-10-27-23(26)28-20)29-21(18)22(34)31-11-7-17(25)8-12-31/h3-4,6,10,13-14,17,30,35H,7-8,11-12H2,1-2H3,(H2,26,27,28)/t24-/m1/s1. The van der Waals surface area contributed by atoms with E-state index in [1.54, 1.807) is 42.3 Å². The van der Waals surface area contributed by atoms with Crippen LogP contribution in [0.25, 0.3) is 16.7 Å². The molecule has 0 saturated carbocycles. The number of nitrogens with zero attached hydrogens (tertiary/aromatic N) is 6. The number of hydrogen-bond acceptors (Lipinski definition) is 9. The molecule has 1 saturated heterocycles. The second kappa shape index (κ2) is 9.10. The third kappa shape index (κ3) is 4.53. The van der Waals surface area contributed by atoms with Gasteiger partial charge in [-0.25, -0.2) is 19.1 Å². The molecule has 1 aromatic carbocycles. The van der Waals surface area contributed by atoms with E-state index in [1.807, 2.05) is 0 Å². The van der Waals surface area contributed by atoms with Crippen molar-refractivity contribution in [1.82, 2.24) is 35.2 Å². The maximum atomic E-state index is 13.6. The molecule has 11 nitrogen and oxygen atoms in total. The van der Waals surface area contributed by atoms with Crippen molar-refractivity contribution in [2.75, 3.05) is 18.8 Å². The van der Waals surface area contributed by atoms with Gasteiger partial charge in [0.2, 0.25) is 11.7 Å². The van der Waals surface area contributed by atoms with Crippen LogP contribution in [0.5, 0.6) is 0 Å². The molecule has 1 amide bonds. The number of benzene rings is 1. The van der Waals surface area contributed by atoms with E-state index >= 15 is 0 Å². The van der Waals surface area contributed by atoms with Gasteiger partial charge in [0.25, 0.3) is 5.91 Å². The van der Waals surface area contributed by atoms with Crippen molar-refractivity contribution in [3.05, 3.63) is 53.7 Å². The minimum atomic E-state index is -1.56. The van der Waals surface area contributed by atoms with Gasteiger partial charge in [-0.05, 0) is 50.8 Å². The number of nitrogens with two attached hydrogens (primary N) is 1. The lowest BCUT2D eigenvalue weighted by atomic mass is 10.1. The van der Waals surface area contributed by atoms with Gasteiger partial charge in [-0.15, -0.1) is 0 Å². The van der Waals surface area contributed by atoms with Gasteiger partial charge in [0.15, 0.2) is 11.5 Å². The van der Waals surface area contributed by atoms with Crippen LogP contribution in [0, 0.1) is 11.8 Å². The number of aromatic nitrogens is 4. The summed E-state index contributed by atoms with van der Waals surface area (Å²) in [5.74, 6) is 6.52. The van der Waals surface area contributed by atoms with E-state index in [0.29, 0.717) is 54.0 Å². The highest BCUT2D eigenvalue weighted by molar-refractivity contribution is 6.05. The molecule has 0 unspecified atom stereocenters. The number of hydrogen-bond donors (Lipinski definition) is 3. The number of carbonyl (C=O) groups is 1. The molecule has 1 fully saturated rings. The number of nitrogens with one attached hydrogen (secondary N) is 1. The van der Waals surface area contributed by atoms with Crippen LogP contribution in [0.3, 0.4) is 0 Å². The number of anilines is 1. The van der Waals surface area contributed by atoms with E-state index < -0.39 is 11.9 Å². The van der Waals surface area contributed by atoms with E-state index in [4.69, 9.17) is 10.6 Å². The number of piperidine rings is 1. The van der Waals surface area contributed by atoms with E-state index in [9.17, 15) is 14.3 Å². The summed E-state index contributed by atoms with van der Waals surface area (Å²) in [6.45, 7) is 3.92. The number of likely N-dealkylation sites (tertiary alicyclic amines) is 1. The van der Waals surface area contributed by atoms with Gasteiger partial charge in [-0.1, -0.05) is 11.5 Å². The number of aliphatic hydroxyl groups is 1. The summed E-state index contributed by atoms with van der Waals surface area (Å²) >= 11 is 0. The largest absolute Gasteiger partial charge is 0.392 e. The molecule has 2 aromatic heterocycles. The maximum Gasteiger partial charge on any atom is 0.275 e. The Hall–Kier alpha value is -4.21. The first kappa shape index (κ1) is 23.5. The summed E-state index contributed by atoms with van der Waals surface area (Å²) in [6.07, 6.45) is 2.80. The minimum absolute atomic E-state index is 0.0599. The fraction of sp³-hybridized carbons (Fsp3) is 0.333. The predicted octanol–water partition coefficient (Wildman–Crippen LogP) is 1.64. The first-order valence-electron chi connectivity index (χ1n) is 11.4. The van der Waals surface area contributed by atoms with Crippen LogP contribution in [0.4, 0.5) is 10.3 Å². The molecule has 4 N–H and O–H groups in total. The summed E-state index contributed by atoms with van der Waals surface area (Å²) in [4.78, 5) is 28.2. The number of alkyl halides is 1. The van der Waals surface area contributed by atoms with E-state index in [-0.39, 0.29) is 17.5 Å². The Bertz CT molecular complexity index is 1420. The number of halogens is 1. The van der Waals surface area contributed by atoms with Crippen LogP contribution in [0.2, 0.25) is 0 Å². The molecule has 3 aromatic rings. The molecule has 186 valence electrons. The Labute approximate surface area is 206 Å². The van der Waals surface area contributed by atoms with E-state index in [0.717, 1.165) is 0 Å². The lowest BCUT2D eigenvalue weighted by Crippen LogP contribution is -2.46. The molecule has 0 bridgehead atoms. The molecule has 2 aliphatic heterocycles. The Balaban J connectivity index is 1.56. The van der Waals surface area contributed by atoms with Gasteiger partial charge in [0, 0.05) is 36.3 Å². The van der Waals surface area contributed by atoms with E-state index in [2.05, 4.69) is 32.5 Å². The van der Waals surface area contributed by atoms with Crippen LogP contribution >= 0.6 is 0 Å². The molecule has 0 aliphatic carbocycles. The van der Waals surface area contributed by atoms with Crippen molar-refractivity contribution in [3.63, 3.8) is 0 Å². The number of carbonyl (C=O) groups excluding carboxylic acids is 1. The summed E-state index contributed by atoms with van der Waals surface area (Å²) < 4.78 is 15.1. The fourth-order valence-electron chi connectivity index (χ4n) is 4.03. The quantitative estimate of drug-likeness (QED) is 0.467. The number of fused-ring (bicyclic) bond motifs is 1. The predicted molar refractivity (Wildman–Crippen MR) is 128 cm³/mol. The lowest BCUT2D eigenvalue weighted by Gasteiger charge is -2.28. The first-order chi connectivity index (χ1) is 17.2. The highest BCUT2D eigenvalue weighted by atomic mass is 19.1. The van der Waals surface area contributed by atoms with Gasteiger partial charge < -0.3 is 20.6 Å². The number of nitrogen functional groups attached to an aromatic ring is 1. The van der Waals surface area contributed by atoms with Gasteiger partial charge in [-0.3, -0.25) is 4.79 Å². The molecule has 12 heteroatoms. The van der Waals surface area contributed by atoms with Gasteiger partial charge >= 0.3 is 0 Å². The van der Waals surface area contributed by atoms with Gasteiger partial charge in [0.1, 0.15) is 11.9 Å². The molecule has 36 heavy (non-hydrogen) atoms. The SMILES string of the molecule is CC1=CN([C@](C)(O)C#Cc2ccc3c(C(=O)N4CCC(F)CC4)nn(-c4ccnc(N)n4)c3c2)NO1. The van der Waals surface area contributed by atoms with Crippen LogP contribution in [-0.2, 0) is 4.84 Å². The smallest absolute Gasteiger partial charge is 0.275 e. The molecule has 1 atom stereocenters. The first-order valence-corrected chi connectivity index (χ1v) is 11.4. The number of amides is 1. The van der Waals surface area contributed by atoms with Crippen LogP contribution in [-0.4, -0.2) is 65.7 Å². The topological polar surface area (TPSA) is 135 Å². The maximum absolute atomic E-state index is 13.6. The molecule has 4 heterocycles. The zero-order chi connectivity index (χ0) is 25.4. The van der Waals surface area contributed by atoms with Crippen molar-refractivity contribution < 1.29 is 19.1 Å². The number of allylic oxidation sites excluding steroid dienone is 1. The van der Waals surface area contributed by atoms with Crippen molar-refractivity contribution in [2.45, 2.75) is 38.6 Å². The third-order valence-electron chi connectivity index (χ3n) is 6.00. The van der Waals surface area contributed by atoms with Crippen LogP contribution in [0.15, 0.2) is 42.4 Å². The number of rotatable bonds is 3. The third-order valence-corrected chi connectivity index (χ3v) is 6.00. The molecule has 5 rings (SSSR count). The summed E-state index contributed by atoms with van der Waals surface area (Å²) in [6, 6.07) is 6.87. The number of hydrazine groups is 1. The van der Waals surface area contributed by atoms with E-state index in [1.165, 1.54) is 22.8 Å². The van der Waals surface area contributed by atoms with Crippen LogP contribution < -0.4 is 11.3 Å². The average Bonchev–Trinajstić information content (AvgIpc) is 3.47. The minimum Gasteiger partial charge on any atom is -0.392 e. The van der Waals surface area contributed by atoms with Gasteiger partial charge in [-0.2, -0.15) is 10.1 Å². The monoisotopic (exact) mass is 492 g/mol. The average molecular weight is 493 g/mol. The highest BCUT2D eigenvalue weighted by Crippen LogP contribution is 2.26. The molecule has 2 aliphatic rings.